The van der Waals surface area contributed by atoms with Crippen LogP contribution in [0.15, 0.2) is 192 Å². The molecule has 0 saturated heterocycles. The zero-order valence-corrected chi connectivity index (χ0v) is 29.6. The third kappa shape index (κ3) is 5.43. The number of fused-ring (bicyclic) bond motifs is 6. The van der Waals surface area contributed by atoms with Gasteiger partial charge in [0, 0.05) is 27.5 Å². The van der Waals surface area contributed by atoms with Crippen LogP contribution in [0.3, 0.4) is 0 Å². The molecule has 2 aromatic heterocycles. The summed E-state index contributed by atoms with van der Waals surface area (Å²) < 4.78 is 6.20. The molecule has 4 nitrogen and oxygen atoms in total. The van der Waals surface area contributed by atoms with Gasteiger partial charge in [-0.15, -0.1) is 0 Å². The minimum absolute atomic E-state index is 0.620. The number of benzene rings is 9. The summed E-state index contributed by atoms with van der Waals surface area (Å²) in [6.07, 6.45) is 0. The van der Waals surface area contributed by atoms with Gasteiger partial charge in [0.25, 0.3) is 0 Å². The predicted molar refractivity (Wildman–Crippen MR) is 227 cm³/mol. The summed E-state index contributed by atoms with van der Waals surface area (Å²) in [6.45, 7) is 0. The van der Waals surface area contributed by atoms with Crippen LogP contribution in [-0.4, -0.2) is 15.0 Å². The summed E-state index contributed by atoms with van der Waals surface area (Å²) >= 11 is 0. The van der Waals surface area contributed by atoms with Gasteiger partial charge >= 0.3 is 0 Å². The number of hydrogen-bond acceptors (Lipinski definition) is 4. The smallest absolute Gasteiger partial charge is 0.164 e. The van der Waals surface area contributed by atoms with E-state index in [-0.39, 0.29) is 0 Å². The maximum atomic E-state index is 6.20. The fourth-order valence-electron chi connectivity index (χ4n) is 7.93. The van der Waals surface area contributed by atoms with Gasteiger partial charge in [0.2, 0.25) is 0 Å². The third-order valence-electron chi connectivity index (χ3n) is 10.7. The molecule has 11 rings (SSSR count). The second-order valence-corrected chi connectivity index (χ2v) is 14.0. The average Bonchev–Trinajstić information content (AvgIpc) is 3.62. The number of hydrogen-bond donors (Lipinski definition) is 0. The van der Waals surface area contributed by atoms with E-state index in [1.54, 1.807) is 0 Å². The van der Waals surface area contributed by atoms with Crippen LogP contribution in [0.2, 0.25) is 0 Å². The molecule has 0 atom stereocenters. The van der Waals surface area contributed by atoms with E-state index in [0.29, 0.717) is 17.5 Å². The third-order valence-corrected chi connectivity index (χ3v) is 10.7. The fourth-order valence-corrected chi connectivity index (χ4v) is 7.93. The Morgan fingerprint density at radius 2 is 0.800 bits per heavy atom. The highest BCUT2D eigenvalue weighted by atomic mass is 16.3. The van der Waals surface area contributed by atoms with Gasteiger partial charge in [-0.3, -0.25) is 0 Å². The highest BCUT2D eigenvalue weighted by molar-refractivity contribution is 6.10. The summed E-state index contributed by atoms with van der Waals surface area (Å²) in [7, 11) is 0. The molecular weight excluding hydrogens is 671 g/mol. The van der Waals surface area contributed by atoms with E-state index in [0.717, 1.165) is 70.9 Å². The van der Waals surface area contributed by atoms with Crippen LogP contribution in [0.4, 0.5) is 0 Å². The van der Waals surface area contributed by atoms with Crippen molar-refractivity contribution in [1.82, 2.24) is 15.0 Å². The van der Waals surface area contributed by atoms with E-state index in [4.69, 9.17) is 19.4 Å². The monoisotopic (exact) mass is 701 g/mol. The van der Waals surface area contributed by atoms with Gasteiger partial charge < -0.3 is 4.42 Å². The van der Waals surface area contributed by atoms with E-state index >= 15 is 0 Å². The van der Waals surface area contributed by atoms with Crippen molar-refractivity contribution in [2.45, 2.75) is 0 Å². The minimum Gasteiger partial charge on any atom is -0.456 e. The normalized spacial score (nSPS) is 11.6. The quantitative estimate of drug-likeness (QED) is 0.179. The van der Waals surface area contributed by atoms with Crippen molar-refractivity contribution < 1.29 is 4.42 Å². The van der Waals surface area contributed by atoms with Crippen molar-refractivity contribution in [3.63, 3.8) is 0 Å². The van der Waals surface area contributed by atoms with Crippen LogP contribution in [0.5, 0.6) is 0 Å². The van der Waals surface area contributed by atoms with Crippen molar-refractivity contribution in [1.29, 1.82) is 0 Å². The fraction of sp³-hybridized carbons (Fsp3) is 0. The zero-order valence-electron chi connectivity index (χ0n) is 29.6. The highest BCUT2D eigenvalue weighted by Crippen LogP contribution is 2.37. The van der Waals surface area contributed by atoms with Crippen LogP contribution < -0.4 is 0 Å². The van der Waals surface area contributed by atoms with Crippen molar-refractivity contribution in [2.75, 3.05) is 0 Å². The molecule has 0 saturated carbocycles. The molecule has 0 N–H and O–H groups in total. The van der Waals surface area contributed by atoms with Gasteiger partial charge in [0.15, 0.2) is 17.5 Å². The topological polar surface area (TPSA) is 51.8 Å². The number of nitrogens with zero attached hydrogens (tertiary/aromatic N) is 3. The molecule has 0 unspecified atom stereocenters. The molecule has 55 heavy (non-hydrogen) atoms. The Balaban J connectivity index is 1.10. The first-order chi connectivity index (χ1) is 27.2. The summed E-state index contributed by atoms with van der Waals surface area (Å²) in [6, 6.07) is 65.9. The number of furan rings is 1. The number of rotatable bonds is 5. The van der Waals surface area contributed by atoms with E-state index in [1.165, 1.54) is 22.3 Å². The van der Waals surface area contributed by atoms with Gasteiger partial charge in [-0.05, 0) is 91.0 Å². The molecule has 256 valence electrons. The van der Waals surface area contributed by atoms with E-state index in [2.05, 4.69) is 170 Å². The molecule has 0 spiro atoms. The lowest BCUT2D eigenvalue weighted by atomic mass is 9.95. The lowest BCUT2D eigenvalue weighted by molar-refractivity contribution is 0.669. The van der Waals surface area contributed by atoms with Crippen molar-refractivity contribution in [2.24, 2.45) is 0 Å². The summed E-state index contributed by atoms with van der Waals surface area (Å²) in [4.78, 5) is 15.6. The largest absolute Gasteiger partial charge is 0.456 e. The Labute approximate surface area is 317 Å². The van der Waals surface area contributed by atoms with E-state index < -0.39 is 0 Å². The van der Waals surface area contributed by atoms with Gasteiger partial charge in [-0.1, -0.05) is 152 Å². The molecule has 2 heterocycles. The first kappa shape index (κ1) is 31.1. The molecule has 0 bridgehead atoms. The Hall–Kier alpha value is -7.43. The molecule has 0 fully saturated rings. The summed E-state index contributed by atoms with van der Waals surface area (Å²) in [5.41, 5.74) is 9.31. The summed E-state index contributed by atoms with van der Waals surface area (Å²) in [5, 5.41) is 8.91. The first-order valence-electron chi connectivity index (χ1n) is 18.5. The molecule has 11 aromatic rings. The van der Waals surface area contributed by atoms with Crippen molar-refractivity contribution in [3.8, 4) is 56.4 Å². The van der Waals surface area contributed by atoms with Gasteiger partial charge in [0.1, 0.15) is 11.2 Å². The number of aromatic nitrogens is 3. The van der Waals surface area contributed by atoms with Crippen molar-refractivity contribution >= 4 is 54.3 Å². The Morgan fingerprint density at radius 1 is 0.273 bits per heavy atom. The SMILES string of the molecule is c1ccc(-c2ccc3cc(-c4nc(-c5ccc6cc7oc8ccccc8c7cc6c5)nc(-c5cccc6c(-c7ccccc7)cccc56)n4)ccc3c2)cc1. The standard InChI is InChI=1S/C51H31N3O/c1-3-11-32(12-4-1)34-21-22-36-28-38(25-23-35(36)27-34)49-52-50(39-26-24-37-31-48-46(30-40(37)29-39)44-15-7-8-20-47(44)55-48)54-51(53-49)45-19-10-17-42-41(16-9-18-43(42)45)33-13-5-2-6-14-33/h1-31H. The lowest BCUT2D eigenvalue weighted by Gasteiger charge is -2.13. The molecular formula is C51H31N3O. The zero-order chi connectivity index (χ0) is 36.3. The predicted octanol–water partition coefficient (Wildman–Crippen LogP) is 13.6. The van der Waals surface area contributed by atoms with Crippen LogP contribution in [0.1, 0.15) is 0 Å². The maximum absolute atomic E-state index is 6.20. The van der Waals surface area contributed by atoms with Crippen LogP contribution in [-0.2, 0) is 0 Å². The van der Waals surface area contributed by atoms with E-state index in [9.17, 15) is 0 Å². The van der Waals surface area contributed by atoms with Gasteiger partial charge in [-0.2, -0.15) is 0 Å². The molecule has 0 aliphatic heterocycles. The Morgan fingerprint density at radius 3 is 1.53 bits per heavy atom. The van der Waals surface area contributed by atoms with Crippen LogP contribution >= 0.6 is 0 Å². The molecule has 0 radical (unpaired) electrons. The highest BCUT2D eigenvalue weighted by Gasteiger charge is 2.17. The maximum Gasteiger partial charge on any atom is 0.164 e. The second-order valence-electron chi connectivity index (χ2n) is 14.0. The Kier molecular flexibility index (Phi) is 7.14. The Bertz CT molecular complexity index is 3260. The van der Waals surface area contributed by atoms with Gasteiger partial charge in [0.05, 0.1) is 0 Å². The van der Waals surface area contributed by atoms with Gasteiger partial charge in [-0.25, -0.2) is 15.0 Å². The molecule has 9 aromatic carbocycles. The summed E-state index contributed by atoms with van der Waals surface area (Å²) in [5.74, 6) is 1.88. The van der Waals surface area contributed by atoms with E-state index in [1.807, 2.05) is 18.2 Å². The minimum atomic E-state index is 0.620. The van der Waals surface area contributed by atoms with Crippen molar-refractivity contribution in [3.05, 3.63) is 188 Å². The molecule has 0 aliphatic carbocycles. The second kappa shape index (κ2) is 12.6. The molecule has 0 aliphatic rings. The lowest BCUT2D eigenvalue weighted by Crippen LogP contribution is -2.01. The average molecular weight is 702 g/mol. The first-order valence-corrected chi connectivity index (χ1v) is 18.5. The molecule has 4 heteroatoms. The van der Waals surface area contributed by atoms with Crippen LogP contribution in [0.25, 0.3) is 111 Å². The van der Waals surface area contributed by atoms with Crippen LogP contribution in [0, 0.1) is 0 Å². The number of para-hydroxylation sites is 1. The molecule has 0 amide bonds.